The molecule has 17 heavy (non-hydrogen) atoms. The summed E-state index contributed by atoms with van der Waals surface area (Å²) < 4.78 is 0. The number of nitrogens with one attached hydrogen (secondary N) is 1. The van der Waals surface area contributed by atoms with Crippen LogP contribution in [0.1, 0.15) is 25.2 Å². The van der Waals surface area contributed by atoms with E-state index in [0.717, 1.165) is 16.9 Å². The van der Waals surface area contributed by atoms with Crippen LogP contribution in [0.25, 0.3) is 11.0 Å². The van der Waals surface area contributed by atoms with E-state index in [-0.39, 0.29) is 11.8 Å². The Kier molecular flexibility index (Phi) is 3.24. The average molecular weight is 231 g/mol. The highest BCUT2D eigenvalue weighted by molar-refractivity contribution is 5.77. The van der Waals surface area contributed by atoms with Crippen LogP contribution in [0.2, 0.25) is 0 Å². The highest BCUT2D eigenvalue weighted by atomic mass is 16.1. The van der Waals surface area contributed by atoms with Crippen molar-refractivity contribution in [3.8, 4) is 0 Å². The van der Waals surface area contributed by atoms with Crippen LogP contribution in [-0.2, 0) is 4.79 Å². The van der Waals surface area contributed by atoms with Crippen molar-refractivity contribution in [1.82, 2.24) is 14.9 Å². The third-order valence-electron chi connectivity index (χ3n) is 2.83. The Bertz CT molecular complexity index is 497. The fourth-order valence-corrected chi connectivity index (χ4v) is 1.93. The molecule has 0 aliphatic carbocycles. The second-order valence-corrected chi connectivity index (χ2v) is 4.52. The van der Waals surface area contributed by atoms with Gasteiger partial charge in [0.2, 0.25) is 0 Å². The number of H-pyrrole nitrogens is 1. The number of aromatic amines is 1. The second-order valence-electron chi connectivity index (χ2n) is 4.52. The molecule has 2 aromatic rings. The summed E-state index contributed by atoms with van der Waals surface area (Å²) in [6.45, 7) is 1.61. The monoisotopic (exact) mass is 231 g/mol. The first-order valence-electron chi connectivity index (χ1n) is 5.68. The van der Waals surface area contributed by atoms with Gasteiger partial charge in [-0.2, -0.15) is 0 Å². The first kappa shape index (κ1) is 11.8. The van der Waals surface area contributed by atoms with Crippen molar-refractivity contribution >= 4 is 16.8 Å². The Labute approximate surface area is 101 Å². The van der Waals surface area contributed by atoms with Gasteiger partial charge >= 0.3 is 0 Å². The predicted molar refractivity (Wildman–Crippen MR) is 67.8 cm³/mol. The van der Waals surface area contributed by atoms with Gasteiger partial charge in [0.1, 0.15) is 11.6 Å². The molecule has 1 atom stereocenters. The number of carbonyl (C=O) groups excluding carboxylic acids is 1. The highest BCUT2D eigenvalue weighted by Crippen LogP contribution is 2.22. The van der Waals surface area contributed by atoms with Gasteiger partial charge in [0, 0.05) is 6.42 Å². The number of benzene rings is 1. The maximum absolute atomic E-state index is 11.3. The third-order valence-corrected chi connectivity index (χ3v) is 2.83. The maximum Gasteiger partial charge on any atom is 0.131 e. The van der Waals surface area contributed by atoms with E-state index in [1.165, 1.54) is 0 Å². The lowest BCUT2D eigenvalue weighted by atomic mass is 10.1. The van der Waals surface area contributed by atoms with Crippen LogP contribution >= 0.6 is 0 Å². The predicted octanol–water partition coefficient (Wildman–Crippen LogP) is 2.14. The molecule has 0 radical (unpaired) electrons. The molecule has 0 aliphatic rings. The zero-order valence-corrected chi connectivity index (χ0v) is 10.4. The number of imidazole rings is 1. The van der Waals surface area contributed by atoms with E-state index in [2.05, 4.69) is 9.97 Å². The molecule has 0 saturated heterocycles. The van der Waals surface area contributed by atoms with E-state index in [9.17, 15) is 4.79 Å². The molecular weight excluding hydrogens is 214 g/mol. The number of hydrogen-bond donors (Lipinski definition) is 1. The molecule has 1 aromatic heterocycles. The Morgan fingerprint density at radius 1 is 1.41 bits per heavy atom. The van der Waals surface area contributed by atoms with Gasteiger partial charge in [-0.1, -0.05) is 12.1 Å². The van der Waals surface area contributed by atoms with Crippen LogP contribution in [0.4, 0.5) is 0 Å². The normalized spacial score (nSPS) is 13.2. The lowest BCUT2D eigenvalue weighted by Gasteiger charge is -2.20. The van der Waals surface area contributed by atoms with Gasteiger partial charge in [0.05, 0.1) is 17.1 Å². The Morgan fingerprint density at radius 2 is 2.12 bits per heavy atom. The number of Topliss-reactive ketones (excluding diaryl/α,β-unsaturated/α-hetero) is 1. The van der Waals surface area contributed by atoms with Crippen LogP contribution < -0.4 is 0 Å². The molecule has 1 heterocycles. The molecule has 90 valence electrons. The number of rotatable bonds is 4. The first-order valence-corrected chi connectivity index (χ1v) is 5.68. The summed E-state index contributed by atoms with van der Waals surface area (Å²) in [5.41, 5.74) is 1.95. The lowest BCUT2D eigenvalue weighted by Crippen LogP contribution is -2.23. The third kappa shape index (κ3) is 2.53. The Hall–Kier alpha value is -1.68. The van der Waals surface area contributed by atoms with Crippen LogP contribution in [0.5, 0.6) is 0 Å². The number of hydrogen-bond acceptors (Lipinski definition) is 3. The van der Waals surface area contributed by atoms with Gasteiger partial charge < -0.3 is 4.98 Å². The van der Waals surface area contributed by atoms with Gasteiger partial charge in [0.15, 0.2) is 0 Å². The topological polar surface area (TPSA) is 49.0 Å². The molecule has 0 spiro atoms. The van der Waals surface area contributed by atoms with E-state index in [1.807, 2.05) is 43.3 Å². The van der Waals surface area contributed by atoms with Crippen molar-refractivity contribution in [2.75, 3.05) is 14.1 Å². The molecule has 1 N–H and O–H groups in total. The fourth-order valence-electron chi connectivity index (χ4n) is 1.93. The van der Waals surface area contributed by atoms with Crippen LogP contribution in [0.3, 0.4) is 0 Å². The van der Waals surface area contributed by atoms with Gasteiger partial charge in [-0.15, -0.1) is 0 Å². The molecule has 0 fully saturated rings. The number of aromatic nitrogens is 2. The molecule has 0 bridgehead atoms. The SMILES string of the molecule is CC(=O)CC(c1nc2ccccc2[nH]1)N(C)C. The molecule has 2 rings (SSSR count). The molecule has 1 unspecified atom stereocenters. The average Bonchev–Trinajstić information content (AvgIpc) is 2.68. The number of ketones is 1. The molecule has 0 saturated carbocycles. The van der Waals surface area contributed by atoms with Crippen molar-refractivity contribution in [1.29, 1.82) is 0 Å². The van der Waals surface area contributed by atoms with Crippen molar-refractivity contribution in [3.05, 3.63) is 30.1 Å². The number of fused-ring (bicyclic) bond motifs is 1. The van der Waals surface area contributed by atoms with Crippen molar-refractivity contribution in [2.24, 2.45) is 0 Å². The smallest absolute Gasteiger partial charge is 0.131 e. The van der Waals surface area contributed by atoms with Crippen LogP contribution in [-0.4, -0.2) is 34.7 Å². The summed E-state index contributed by atoms with van der Waals surface area (Å²) in [4.78, 5) is 21.1. The van der Waals surface area contributed by atoms with E-state index >= 15 is 0 Å². The van der Waals surface area contributed by atoms with Crippen molar-refractivity contribution in [2.45, 2.75) is 19.4 Å². The van der Waals surface area contributed by atoms with E-state index in [1.54, 1.807) is 6.92 Å². The van der Waals surface area contributed by atoms with Crippen LogP contribution in [0, 0.1) is 0 Å². The quantitative estimate of drug-likeness (QED) is 0.877. The highest BCUT2D eigenvalue weighted by Gasteiger charge is 2.19. The molecule has 4 nitrogen and oxygen atoms in total. The number of para-hydroxylation sites is 2. The van der Waals surface area contributed by atoms with E-state index in [0.29, 0.717) is 6.42 Å². The number of nitrogens with zero attached hydrogens (tertiary/aromatic N) is 2. The van der Waals surface area contributed by atoms with Crippen LogP contribution in [0.15, 0.2) is 24.3 Å². The number of carbonyl (C=O) groups is 1. The summed E-state index contributed by atoms with van der Waals surface area (Å²) in [5, 5.41) is 0. The van der Waals surface area contributed by atoms with Gasteiger partial charge in [-0.05, 0) is 33.2 Å². The largest absolute Gasteiger partial charge is 0.341 e. The summed E-state index contributed by atoms with van der Waals surface area (Å²) in [6, 6.07) is 7.91. The van der Waals surface area contributed by atoms with Gasteiger partial charge in [-0.25, -0.2) is 4.98 Å². The van der Waals surface area contributed by atoms with Gasteiger partial charge in [-0.3, -0.25) is 9.69 Å². The summed E-state index contributed by atoms with van der Waals surface area (Å²) >= 11 is 0. The minimum atomic E-state index is 0.0138. The van der Waals surface area contributed by atoms with E-state index in [4.69, 9.17) is 0 Å². The molecule has 0 amide bonds. The van der Waals surface area contributed by atoms with Crippen molar-refractivity contribution in [3.63, 3.8) is 0 Å². The molecule has 4 heteroatoms. The molecule has 1 aromatic carbocycles. The molecular formula is C13H17N3O. The minimum absolute atomic E-state index is 0.0138. The summed E-state index contributed by atoms with van der Waals surface area (Å²) in [6.07, 6.45) is 0.479. The Morgan fingerprint density at radius 3 is 2.71 bits per heavy atom. The first-order chi connectivity index (χ1) is 8.08. The summed E-state index contributed by atoms with van der Waals surface area (Å²) in [7, 11) is 3.92. The second kappa shape index (κ2) is 4.67. The summed E-state index contributed by atoms with van der Waals surface area (Å²) in [5.74, 6) is 1.02. The van der Waals surface area contributed by atoms with Gasteiger partial charge in [0.25, 0.3) is 0 Å². The van der Waals surface area contributed by atoms with E-state index < -0.39 is 0 Å². The minimum Gasteiger partial charge on any atom is -0.341 e. The lowest BCUT2D eigenvalue weighted by molar-refractivity contribution is -0.118. The standard InChI is InChI=1S/C13H17N3O/c1-9(17)8-12(16(2)3)13-14-10-6-4-5-7-11(10)15-13/h4-7,12H,8H2,1-3H3,(H,14,15). The fraction of sp³-hybridized carbons (Fsp3) is 0.385. The Balaban J connectivity index is 2.38. The zero-order valence-electron chi connectivity index (χ0n) is 10.4. The maximum atomic E-state index is 11.3. The molecule has 0 aliphatic heterocycles. The van der Waals surface area contributed by atoms with Crippen molar-refractivity contribution < 1.29 is 4.79 Å². The zero-order chi connectivity index (χ0) is 12.4.